The number of benzene rings is 2. The van der Waals surface area contributed by atoms with Gasteiger partial charge in [-0.1, -0.05) is 17.7 Å². The number of halogens is 2. The molecule has 0 aliphatic heterocycles. The molecule has 2 rings (SSSR count). The third-order valence-electron chi connectivity index (χ3n) is 2.87. The van der Waals surface area contributed by atoms with E-state index >= 15 is 0 Å². The summed E-state index contributed by atoms with van der Waals surface area (Å²) < 4.78 is 6.13. The zero-order valence-corrected chi connectivity index (χ0v) is 14.6. The van der Waals surface area contributed by atoms with Crippen molar-refractivity contribution in [2.24, 2.45) is 4.99 Å². The molecule has 0 saturated carbocycles. The summed E-state index contributed by atoms with van der Waals surface area (Å²) in [4.78, 5) is 4.40. The number of aryl methyl sites for hydroxylation is 1. The van der Waals surface area contributed by atoms with Crippen LogP contribution in [0.25, 0.3) is 0 Å². The van der Waals surface area contributed by atoms with E-state index < -0.39 is 0 Å². The van der Waals surface area contributed by atoms with E-state index in [9.17, 15) is 5.11 Å². The molecule has 110 valence electrons. The molecule has 0 aliphatic rings. The predicted octanol–water partition coefficient (Wildman–Crippen LogP) is 5.11. The Hall–Kier alpha value is -1.27. The molecule has 0 spiro atoms. The molecule has 2 aromatic carbocycles. The van der Waals surface area contributed by atoms with Crippen LogP contribution in [-0.4, -0.2) is 17.9 Å². The van der Waals surface area contributed by atoms with Crippen LogP contribution in [0.5, 0.6) is 11.5 Å². The van der Waals surface area contributed by atoms with Gasteiger partial charge in [0.2, 0.25) is 0 Å². The number of phenols is 1. The summed E-state index contributed by atoms with van der Waals surface area (Å²) >= 11 is 8.15. The van der Waals surface area contributed by atoms with E-state index in [1.54, 1.807) is 12.3 Å². The molecule has 0 radical (unpaired) electrons. The summed E-state index contributed by atoms with van der Waals surface area (Å²) in [6.07, 6.45) is 1.73. The second-order valence-corrected chi connectivity index (χ2v) is 6.04. The minimum atomic E-state index is 0.160. The van der Waals surface area contributed by atoms with Gasteiger partial charge >= 0.3 is 0 Å². The first-order valence-corrected chi connectivity index (χ1v) is 7.92. The molecule has 0 aromatic heterocycles. The number of rotatable bonds is 4. The van der Waals surface area contributed by atoms with Crippen LogP contribution in [-0.2, 0) is 0 Å². The summed E-state index contributed by atoms with van der Waals surface area (Å²) in [6, 6.07) is 9.27. The van der Waals surface area contributed by atoms with Crippen molar-refractivity contribution in [1.82, 2.24) is 0 Å². The van der Waals surface area contributed by atoms with Crippen molar-refractivity contribution in [3.8, 4) is 11.5 Å². The molecule has 0 aliphatic carbocycles. The third-order valence-corrected chi connectivity index (χ3v) is 4.10. The highest BCUT2D eigenvalue weighted by Gasteiger charge is 2.08. The minimum absolute atomic E-state index is 0.160. The molecule has 2 aromatic rings. The van der Waals surface area contributed by atoms with E-state index in [4.69, 9.17) is 16.3 Å². The molecule has 0 fully saturated rings. The van der Waals surface area contributed by atoms with Gasteiger partial charge in [-0.25, -0.2) is 0 Å². The van der Waals surface area contributed by atoms with Gasteiger partial charge in [0, 0.05) is 11.2 Å². The highest BCUT2D eigenvalue weighted by molar-refractivity contribution is 14.1. The summed E-state index contributed by atoms with van der Waals surface area (Å²) in [5.41, 5.74) is 2.66. The van der Waals surface area contributed by atoms with Crippen molar-refractivity contribution in [3.05, 3.63) is 50.1 Å². The Morgan fingerprint density at radius 3 is 2.76 bits per heavy atom. The quantitative estimate of drug-likeness (QED) is 0.557. The SMILES string of the molecule is CCOc1cc(C=Nc2ccc(C)c(Cl)c2)cc(I)c1O. The van der Waals surface area contributed by atoms with Crippen LogP contribution in [0, 0.1) is 10.5 Å². The van der Waals surface area contributed by atoms with Crippen molar-refractivity contribution in [2.45, 2.75) is 13.8 Å². The lowest BCUT2D eigenvalue weighted by molar-refractivity contribution is 0.317. The van der Waals surface area contributed by atoms with E-state index in [0.717, 1.165) is 20.4 Å². The summed E-state index contributed by atoms with van der Waals surface area (Å²) in [7, 11) is 0. The Morgan fingerprint density at radius 1 is 1.33 bits per heavy atom. The lowest BCUT2D eigenvalue weighted by Gasteiger charge is -2.08. The van der Waals surface area contributed by atoms with E-state index in [1.165, 1.54) is 0 Å². The van der Waals surface area contributed by atoms with Crippen molar-refractivity contribution in [2.75, 3.05) is 6.61 Å². The van der Waals surface area contributed by atoms with E-state index in [2.05, 4.69) is 27.6 Å². The summed E-state index contributed by atoms with van der Waals surface area (Å²) in [6.45, 7) is 4.33. The fourth-order valence-corrected chi connectivity index (χ4v) is 2.55. The van der Waals surface area contributed by atoms with Gasteiger partial charge in [0.1, 0.15) is 0 Å². The van der Waals surface area contributed by atoms with Crippen molar-refractivity contribution in [3.63, 3.8) is 0 Å². The van der Waals surface area contributed by atoms with E-state index in [1.807, 2.05) is 38.1 Å². The number of phenolic OH excluding ortho intramolecular Hbond substituents is 1. The molecule has 0 saturated heterocycles. The number of ether oxygens (including phenoxy) is 1. The molecule has 0 unspecified atom stereocenters. The second kappa shape index (κ2) is 7.13. The number of hydrogen-bond donors (Lipinski definition) is 1. The Labute approximate surface area is 142 Å². The Bertz CT molecular complexity index is 686. The lowest BCUT2D eigenvalue weighted by atomic mass is 10.2. The molecular formula is C16H15ClINO2. The molecule has 1 N–H and O–H groups in total. The smallest absolute Gasteiger partial charge is 0.171 e. The number of aliphatic imine (C=N–C) groups is 1. The van der Waals surface area contributed by atoms with Crippen LogP contribution in [0.1, 0.15) is 18.1 Å². The molecule has 0 bridgehead atoms. The third kappa shape index (κ3) is 4.11. The second-order valence-electron chi connectivity index (χ2n) is 4.47. The lowest BCUT2D eigenvalue weighted by Crippen LogP contribution is -1.95. The zero-order valence-electron chi connectivity index (χ0n) is 11.7. The number of hydrogen-bond acceptors (Lipinski definition) is 3. The Morgan fingerprint density at radius 2 is 2.10 bits per heavy atom. The number of nitrogens with zero attached hydrogens (tertiary/aromatic N) is 1. The molecular weight excluding hydrogens is 401 g/mol. The first-order chi connectivity index (χ1) is 10.0. The summed E-state index contributed by atoms with van der Waals surface area (Å²) in [5.74, 6) is 0.626. The van der Waals surface area contributed by atoms with Crippen molar-refractivity contribution < 1.29 is 9.84 Å². The topological polar surface area (TPSA) is 41.8 Å². The fourth-order valence-electron chi connectivity index (χ4n) is 1.74. The minimum Gasteiger partial charge on any atom is -0.504 e. The number of aromatic hydroxyl groups is 1. The largest absolute Gasteiger partial charge is 0.504 e. The van der Waals surface area contributed by atoms with Gasteiger partial charge in [-0.3, -0.25) is 4.99 Å². The molecule has 5 heteroatoms. The maximum Gasteiger partial charge on any atom is 0.171 e. The first kappa shape index (κ1) is 16.1. The molecule has 0 atom stereocenters. The van der Waals surface area contributed by atoms with Gasteiger partial charge in [0.05, 0.1) is 15.9 Å². The summed E-state index contributed by atoms with van der Waals surface area (Å²) in [5, 5.41) is 10.6. The Kier molecular flexibility index (Phi) is 5.47. The van der Waals surface area contributed by atoms with Crippen molar-refractivity contribution in [1.29, 1.82) is 0 Å². The van der Waals surface area contributed by atoms with Crippen LogP contribution < -0.4 is 4.74 Å². The van der Waals surface area contributed by atoms with E-state index in [0.29, 0.717) is 17.4 Å². The standard InChI is InChI=1S/C16H15ClINO2/c1-3-21-15-7-11(6-14(18)16(15)20)9-19-12-5-4-10(2)13(17)8-12/h4-9,20H,3H2,1-2H3. The molecule has 3 nitrogen and oxygen atoms in total. The van der Waals surface area contributed by atoms with Gasteiger partial charge in [-0.15, -0.1) is 0 Å². The van der Waals surface area contributed by atoms with E-state index in [-0.39, 0.29) is 5.75 Å². The fraction of sp³-hybridized carbons (Fsp3) is 0.188. The van der Waals surface area contributed by atoms with Gasteiger partial charge in [0.25, 0.3) is 0 Å². The molecule has 21 heavy (non-hydrogen) atoms. The highest BCUT2D eigenvalue weighted by atomic mass is 127. The van der Waals surface area contributed by atoms with Gasteiger partial charge in [0.15, 0.2) is 11.5 Å². The maximum atomic E-state index is 9.91. The van der Waals surface area contributed by atoms with Gasteiger partial charge < -0.3 is 9.84 Å². The average molecular weight is 416 g/mol. The average Bonchev–Trinajstić information content (AvgIpc) is 2.45. The maximum absolute atomic E-state index is 9.91. The van der Waals surface area contributed by atoms with Crippen LogP contribution in [0.2, 0.25) is 5.02 Å². The predicted molar refractivity (Wildman–Crippen MR) is 95.4 cm³/mol. The zero-order chi connectivity index (χ0) is 15.4. The monoisotopic (exact) mass is 415 g/mol. The molecule has 0 heterocycles. The van der Waals surface area contributed by atoms with Crippen LogP contribution in [0.4, 0.5) is 5.69 Å². The molecule has 0 amide bonds. The Balaban J connectivity index is 2.30. The van der Waals surface area contributed by atoms with Crippen molar-refractivity contribution >= 4 is 46.1 Å². The van der Waals surface area contributed by atoms with Gasteiger partial charge in [-0.05, 0) is 71.8 Å². The van der Waals surface area contributed by atoms with Crippen LogP contribution in [0.3, 0.4) is 0 Å². The van der Waals surface area contributed by atoms with Crippen LogP contribution >= 0.6 is 34.2 Å². The van der Waals surface area contributed by atoms with Gasteiger partial charge in [-0.2, -0.15) is 0 Å². The normalized spacial score (nSPS) is 11.0. The first-order valence-electron chi connectivity index (χ1n) is 6.46. The van der Waals surface area contributed by atoms with Crippen LogP contribution in [0.15, 0.2) is 35.3 Å². The highest BCUT2D eigenvalue weighted by Crippen LogP contribution is 2.32.